The van der Waals surface area contributed by atoms with Gasteiger partial charge in [-0.2, -0.15) is 13.2 Å². The van der Waals surface area contributed by atoms with Crippen LogP contribution in [0.25, 0.3) is 22.4 Å². The van der Waals surface area contributed by atoms with Gasteiger partial charge >= 0.3 is 12.1 Å². The number of hydrogen-bond acceptors (Lipinski definition) is 6. The number of esters is 1. The molecule has 158 valence electrons. The highest BCUT2D eigenvalue weighted by molar-refractivity contribution is 5.97. The van der Waals surface area contributed by atoms with Gasteiger partial charge in [-0.25, -0.2) is 9.78 Å². The monoisotopic (exact) mass is 428 g/mol. The first-order valence-corrected chi connectivity index (χ1v) is 9.07. The van der Waals surface area contributed by atoms with E-state index < -0.39 is 23.3 Å². The molecule has 31 heavy (non-hydrogen) atoms. The number of para-hydroxylation sites is 1. The molecule has 0 aliphatic carbocycles. The Hall–Kier alpha value is -3.88. The lowest BCUT2D eigenvalue weighted by Gasteiger charge is -2.14. The van der Waals surface area contributed by atoms with Crippen LogP contribution >= 0.6 is 0 Å². The third kappa shape index (κ3) is 4.20. The Balaban J connectivity index is 1.54. The lowest BCUT2D eigenvalue weighted by molar-refractivity contribution is -0.136. The Bertz CT molecular complexity index is 1230. The lowest BCUT2D eigenvalue weighted by Crippen LogP contribution is -2.16. The van der Waals surface area contributed by atoms with Gasteiger partial charge in [-0.05, 0) is 30.3 Å². The summed E-state index contributed by atoms with van der Waals surface area (Å²) in [6, 6.07) is 12.6. The molecule has 0 amide bonds. The Kier molecular flexibility index (Phi) is 5.33. The Morgan fingerprint density at radius 1 is 1.10 bits per heavy atom. The van der Waals surface area contributed by atoms with Crippen molar-refractivity contribution in [2.24, 2.45) is 0 Å². The molecule has 0 saturated heterocycles. The summed E-state index contributed by atoms with van der Waals surface area (Å²) in [4.78, 5) is 20.6. The summed E-state index contributed by atoms with van der Waals surface area (Å²) in [6.45, 7) is -0.359. The molecule has 0 unspecified atom stereocenters. The summed E-state index contributed by atoms with van der Waals surface area (Å²) in [7, 11) is 1.54. The largest absolute Gasteiger partial charge is 0.497 e. The SMILES string of the molecule is COc1ccc(-c2nc(COC(=O)c3cnc4ccccc4c3C(F)(F)F)co2)cc1. The average molecular weight is 428 g/mol. The molecule has 0 N–H and O–H groups in total. The van der Waals surface area contributed by atoms with E-state index in [1.54, 1.807) is 37.4 Å². The van der Waals surface area contributed by atoms with Crippen molar-refractivity contribution in [2.75, 3.05) is 7.11 Å². The van der Waals surface area contributed by atoms with Gasteiger partial charge in [0.05, 0.1) is 23.8 Å². The van der Waals surface area contributed by atoms with Crippen molar-refractivity contribution < 1.29 is 31.9 Å². The molecule has 0 bridgehead atoms. The van der Waals surface area contributed by atoms with Crippen LogP contribution in [-0.2, 0) is 17.5 Å². The van der Waals surface area contributed by atoms with Crippen LogP contribution in [0.15, 0.2) is 65.4 Å². The summed E-state index contributed by atoms with van der Waals surface area (Å²) >= 11 is 0. The summed E-state index contributed by atoms with van der Waals surface area (Å²) in [5.74, 6) is -0.217. The number of oxazole rings is 1. The minimum absolute atomic E-state index is 0.131. The second kappa shape index (κ2) is 8.10. The molecular formula is C22H15F3N2O4. The van der Waals surface area contributed by atoms with Crippen LogP contribution in [0.5, 0.6) is 5.75 Å². The molecule has 9 heteroatoms. The number of methoxy groups -OCH3 is 1. The van der Waals surface area contributed by atoms with Crippen molar-refractivity contribution >= 4 is 16.9 Å². The maximum Gasteiger partial charge on any atom is 0.417 e. The fraction of sp³-hybridized carbons (Fsp3) is 0.136. The quantitative estimate of drug-likeness (QED) is 0.403. The molecule has 0 fully saturated rings. The molecule has 0 atom stereocenters. The Labute approximate surface area is 174 Å². The number of halogens is 3. The van der Waals surface area contributed by atoms with E-state index in [9.17, 15) is 18.0 Å². The van der Waals surface area contributed by atoms with Crippen LogP contribution in [0.1, 0.15) is 21.6 Å². The van der Waals surface area contributed by atoms with E-state index >= 15 is 0 Å². The fourth-order valence-corrected chi connectivity index (χ4v) is 3.06. The van der Waals surface area contributed by atoms with Crippen molar-refractivity contribution in [2.45, 2.75) is 12.8 Å². The van der Waals surface area contributed by atoms with Crippen molar-refractivity contribution in [3.8, 4) is 17.2 Å². The average Bonchev–Trinajstić information content (AvgIpc) is 3.25. The fourth-order valence-electron chi connectivity index (χ4n) is 3.06. The number of ether oxygens (including phenoxy) is 2. The van der Waals surface area contributed by atoms with Crippen LogP contribution in [0.3, 0.4) is 0 Å². The number of carbonyl (C=O) groups is 1. The third-order valence-corrected chi connectivity index (χ3v) is 4.52. The lowest BCUT2D eigenvalue weighted by atomic mass is 10.0. The van der Waals surface area contributed by atoms with E-state index in [4.69, 9.17) is 13.9 Å². The Morgan fingerprint density at radius 2 is 1.84 bits per heavy atom. The number of alkyl halides is 3. The maximum absolute atomic E-state index is 13.7. The number of pyridine rings is 1. The predicted octanol–water partition coefficient (Wildman–Crippen LogP) is 5.27. The van der Waals surface area contributed by atoms with Gasteiger partial charge in [-0.3, -0.25) is 4.98 Å². The number of rotatable bonds is 5. The molecule has 0 radical (unpaired) electrons. The number of benzene rings is 2. The van der Waals surface area contributed by atoms with Gasteiger partial charge in [-0.15, -0.1) is 0 Å². The van der Waals surface area contributed by atoms with Crippen molar-refractivity contribution in [3.05, 3.63) is 77.8 Å². The number of nitrogens with zero attached hydrogens (tertiary/aromatic N) is 2. The van der Waals surface area contributed by atoms with E-state index in [0.29, 0.717) is 11.3 Å². The van der Waals surface area contributed by atoms with Crippen LogP contribution in [0.4, 0.5) is 13.2 Å². The highest BCUT2D eigenvalue weighted by Crippen LogP contribution is 2.37. The van der Waals surface area contributed by atoms with Crippen LogP contribution in [0.2, 0.25) is 0 Å². The van der Waals surface area contributed by atoms with E-state index in [2.05, 4.69) is 9.97 Å². The predicted molar refractivity (Wildman–Crippen MR) is 104 cm³/mol. The first-order chi connectivity index (χ1) is 14.9. The molecule has 0 aliphatic rings. The van der Waals surface area contributed by atoms with Crippen molar-refractivity contribution in [1.29, 1.82) is 0 Å². The number of fused-ring (bicyclic) bond motifs is 1. The zero-order valence-electron chi connectivity index (χ0n) is 16.1. The van der Waals surface area contributed by atoms with Crippen LogP contribution < -0.4 is 4.74 Å². The van der Waals surface area contributed by atoms with Crippen LogP contribution in [0, 0.1) is 0 Å². The van der Waals surface area contributed by atoms with E-state index in [-0.39, 0.29) is 29.1 Å². The van der Waals surface area contributed by atoms with Gasteiger partial charge in [0.25, 0.3) is 0 Å². The highest BCUT2D eigenvalue weighted by Gasteiger charge is 2.38. The normalized spacial score (nSPS) is 11.5. The van der Waals surface area contributed by atoms with E-state index in [1.807, 2.05) is 0 Å². The molecule has 4 aromatic rings. The Morgan fingerprint density at radius 3 is 2.55 bits per heavy atom. The molecule has 6 nitrogen and oxygen atoms in total. The van der Waals surface area contributed by atoms with E-state index in [0.717, 1.165) is 6.20 Å². The van der Waals surface area contributed by atoms with Gasteiger partial charge in [0.2, 0.25) is 5.89 Å². The minimum Gasteiger partial charge on any atom is -0.497 e. The van der Waals surface area contributed by atoms with Gasteiger partial charge in [0.15, 0.2) is 0 Å². The molecule has 0 aliphatic heterocycles. The highest BCUT2D eigenvalue weighted by atomic mass is 19.4. The van der Waals surface area contributed by atoms with Crippen molar-refractivity contribution in [1.82, 2.24) is 9.97 Å². The number of hydrogen-bond donors (Lipinski definition) is 0. The van der Waals surface area contributed by atoms with Gasteiger partial charge in [0.1, 0.15) is 24.3 Å². The second-order valence-electron chi connectivity index (χ2n) is 6.51. The number of aromatic nitrogens is 2. The molecule has 2 aromatic carbocycles. The molecular weight excluding hydrogens is 413 g/mol. The minimum atomic E-state index is -4.76. The summed E-state index contributed by atoms with van der Waals surface area (Å²) in [5.41, 5.74) is -0.697. The standard InChI is InChI=1S/C22H15F3N2O4/c1-29-15-8-6-13(7-9-15)20-27-14(11-30-20)12-31-21(28)17-10-26-18-5-3-2-4-16(18)19(17)22(23,24)25/h2-11H,12H2,1H3. The molecule has 4 rings (SSSR count). The zero-order chi connectivity index (χ0) is 22.0. The number of carbonyl (C=O) groups excluding carboxylic acids is 1. The molecule has 2 aromatic heterocycles. The zero-order valence-corrected chi connectivity index (χ0v) is 16.1. The topological polar surface area (TPSA) is 74.5 Å². The summed E-state index contributed by atoms with van der Waals surface area (Å²) in [6.07, 6.45) is -2.61. The summed E-state index contributed by atoms with van der Waals surface area (Å²) in [5, 5.41) is -0.173. The van der Waals surface area contributed by atoms with Gasteiger partial charge < -0.3 is 13.9 Å². The summed E-state index contributed by atoms with van der Waals surface area (Å²) < 4.78 is 56.5. The van der Waals surface area contributed by atoms with Crippen molar-refractivity contribution in [3.63, 3.8) is 0 Å². The third-order valence-electron chi connectivity index (χ3n) is 4.52. The van der Waals surface area contributed by atoms with Crippen LogP contribution in [-0.4, -0.2) is 23.0 Å². The smallest absolute Gasteiger partial charge is 0.417 e. The molecule has 2 heterocycles. The second-order valence-corrected chi connectivity index (χ2v) is 6.51. The van der Waals surface area contributed by atoms with E-state index in [1.165, 1.54) is 24.5 Å². The first-order valence-electron chi connectivity index (χ1n) is 9.07. The first kappa shape index (κ1) is 20.4. The maximum atomic E-state index is 13.7. The van der Waals surface area contributed by atoms with Gasteiger partial charge in [0, 0.05) is 17.1 Å². The molecule has 0 spiro atoms. The van der Waals surface area contributed by atoms with Gasteiger partial charge in [-0.1, -0.05) is 18.2 Å². The molecule has 0 saturated carbocycles.